The number of benzene rings is 1. The second kappa shape index (κ2) is 2.82. The van der Waals surface area contributed by atoms with Crippen LogP contribution in [-0.4, -0.2) is 0 Å². The van der Waals surface area contributed by atoms with Crippen LogP contribution in [0, 0.1) is 0 Å². The number of pyridine rings is 1. The van der Waals surface area contributed by atoms with Gasteiger partial charge in [0, 0.05) is 17.2 Å². The van der Waals surface area contributed by atoms with Crippen LogP contribution in [0.1, 0.15) is 28.3 Å². The molecular weight excluding hydrogens is 194 g/mol. The minimum atomic E-state index is 0.473. The summed E-state index contributed by atoms with van der Waals surface area (Å²) in [6.45, 7) is 1.01. The molecule has 1 unspecified atom stereocenters. The Hall–Kier alpha value is -1.89. The van der Waals surface area contributed by atoms with Crippen molar-refractivity contribution in [3.63, 3.8) is 0 Å². The van der Waals surface area contributed by atoms with Crippen molar-refractivity contribution in [1.82, 2.24) is 0 Å². The van der Waals surface area contributed by atoms with E-state index in [9.17, 15) is 0 Å². The van der Waals surface area contributed by atoms with Gasteiger partial charge in [0.25, 0.3) is 0 Å². The molecule has 0 fully saturated rings. The maximum absolute atomic E-state index is 2.38. The number of nitrogens with zero attached hydrogens (tertiary/aromatic N) is 1. The number of rotatable bonds is 0. The van der Waals surface area contributed by atoms with Crippen molar-refractivity contribution in [3.8, 4) is 0 Å². The fourth-order valence-electron chi connectivity index (χ4n) is 2.93. The molecule has 1 heteroatoms. The summed E-state index contributed by atoms with van der Waals surface area (Å²) < 4.78 is 2.38. The number of fused-ring (bicyclic) bond motifs is 2. The molecule has 1 aromatic heterocycles. The molecule has 4 rings (SSSR count). The Morgan fingerprint density at radius 2 is 2.00 bits per heavy atom. The highest BCUT2D eigenvalue weighted by Crippen LogP contribution is 2.36. The summed E-state index contributed by atoms with van der Waals surface area (Å²) in [5.74, 6) is 0.473. The van der Waals surface area contributed by atoms with Crippen molar-refractivity contribution in [3.05, 3.63) is 71.1 Å². The SMILES string of the molecule is C1=CC2c3ccccc3C[n+]3cccc1c32. The van der Waals surface area contributed by atoms with Gasteiger partial charge in [-0.3, -0.25) is 0 Å². The van der Waals surface area contributed by atoms with Crippen molar-refractivity contribution in [2.24, 2.45) is 0 Å². The molecule has 2 aromatic rings. The molecule has 2 heterocycles. The van der Waals surface area contributed by atoms with E-state index >= 15 is 0 Å². The highest BCUT2D eigenvalue weighted by atomic mass is 15.0. The third kappa shape index (κ3) is 0.929. The molecular formula is C15H12N+. The summed E-state index contributed by atoms with van der Waals surface area (Å²) >= 11 is 0. The minimum absolute atomic E-state index is 0.473. The Labute approximate surface area is 94.7 Å². The predicted molar refractivity (Wildman–Crippen MR) is 63.1 cm³/mol. The van der Waals surface area contributed by atoms with Gasteiger partial charge in [-0.25, -0.2) is 0 Å². The number of allylic oxidation sites excluding steroid dienone is 1. The number of aromatic nitrogens is 1. The summed E-state index contributed by atoms with van der Waals surface area (Å²) in [4.78, 5) is 0. The van der Waals surface area contributed by atoms with E-state index in [4.69, 9.17) is 0 Å². The average Bonchev–Trinajstić information content (AvgIpc) is 2.76. The summed E-state index contributed by atoms with van der Waals surface area (Å²) in [5.41, 5.74) is 5.76. The van der Waals surface area contributed by atoms with E-state index in [1.807, 2.05) is 0 Å². The molecule has 2 aliphatic rings. The lowest BCUT2D eigenvalue weighted by molar-refractivity contribution is -0.698. The summed E-state index contributed by atoms with van der Waals surface area (Å²) in [5, 5.41) is 0. The average molecular weight is 206 g/mol. The highest BCUT2D eigenvalue weighted by Gasteiger charge is 2.34. The topological polar surface area (TPSA) is 3.88 Å². The quantitative estimate of drug-likeness (QED) is 0.583. The molecule has 0 saturated carbocycles. The fourth-order valence-corrected chi connectivity index (χ4v) is 2.93. The van der Waals surface area contributed by atoms with Crippen LogP contribution >= 0.6 is 0 Å². The molecule has 16 heavy (non-hydrogen) atoms. The molecule has 0 radical (unpaired) electrons. The molecule has 0 saturated heterocycles. The maximum Gasteiger partial charge on any atom is 0.200 e. The lowest BCUT2D eigenvalue weighted by Gasteiger charge is -2.19. The first-order valence-corrected chi connectivity index (χ1v) is 5.72. The first kappa shape index (κ1) is 8.28. The third-order valence-electron chi connectivity index (χ3n) is 3.64. The minimum Gasteiger partial charge on any atom is -0.197 e. The van der Waals surface area contributed by atoms with Crippen LogP contribution in [0.15, 0.2) is 48.7 Å². The van der Waals surface area contributed by atoms with Crippen molar-refractivity contribution in [2.75, 3.05) is 0 Å². The van der Waals surface area contributed by atoms with Gasteiger partial charge in [-0.15, -0.1) is 0 Å². The van der Waals surface area contributed by atoms with E-state index in [1.54, 1.807) is 0 Å². The van der Waals surface area contributed by atoms with E-state index < -0.39 is 0 Å². The largest absolute Gasteiger partial charge is 0.200 e. The van der Waals surface area contributed by atoms with Crippen LogP contribution in [0.5, 0.6) is 0 Å². The van der Waals surface area contributed by atoms with Crippen LogP contribution in [0.25, 0.3) is 6.08 Å². The maximum atomic E-state index is 2.38. The van der Waals surface area contributed by atoms with Crippen LogP contribution in [0.2, 0.25) is 0 Å². The Bertz CT molecular complexity index is 611. The Morgan fingerprint density at radius 3 is 3.00 bits per heavy atom. The van der Waals surface area contributed by atoms with Gasteiger partial charge in [0.2, 0.25) is 0 Å². The van der Waals surface area contributed by atoms with Gasteiger partial charge in [0.15, 0.2) is 18.4 Å². The molecule has 1 aliphatic heterocycles. The monoisotopic (exact) mass is 206 g/mol. The molecule has 1 aromatic carbocycles. The standard InChI is InChI=1S/C15H12N/c1-2-6-13-12(4-1)10-16-9-3-5-11-7-8-14(13)15(11)16/h1-9,14H,10H2/q+1. The Morgan fingerprint density at radius 1 is 1.06 bits per heavy atom. The van der Waals surface area contributed by atoms with Crippen molar-refractivity contribution in [2.45, 2.75) is 12.5 Å². The second-order valence-corrected chi connectivity index (χ2v) is 4.51. The second-order valence-electron chi connectivity index (χ2n) is 4.51. The molecule has 1 atom stereocenters. The van der Waals surface area contributed by atoms with Crippen molar-refractivity contribution < 1.29 is 4.57 Å². The van der Waals surface area contributed by atoms with Crippen LogP contribution in [0.3, 0.4) is 0 Å². The lowest BCUT2D eigenvalue weighted by Crippen LogP contribution is -2.43. The lowest BCUT2D eigenvalue weighted by atomic mass is 9.89. The molecule has 0 bridgehead atoms. The van der Waals surface area contributed by atoms with Gasteiger partial charge < -0.3 is 0 Å². The smallest absolute Gasteiger partial charge is 0.197 e. The van der Waals surface area contributed by atoms with Crippen molar-refractivity contribution in [1.29, 1.82) is 0 Å². The van der Waals surface area contributed by atoms with Gasteiger partial charge in [-0.2, -0.15) is 4.57 Å². The van der Waals surface area contributed by atoms with Crippen LogP contribution in [-0.2, 0) is 6.54 Å². The predicted octanol–water partition coefficient (Wildman–Crippen LogP) is 2.49. The number of hydrogen-bond donors (Lipinski definition) is 0. The normalized spacial score (nSPS) is 19.4. The number of hydrogen-bond acceptors (Lipinski definition) is 0. The zero-order valence-corrected chi connectivity index (χ0v) is 8.93. The zero-order valence-electron chi connectivity index (χ0n) is 8.93. The van der Waals surface area contributed by atoms with Gasteiger partial charge in [0.05, 0.1) is 5.92 Å². The van der Waals surface area contributed by atoms with Gasteiger partial charge in [-0.05, 0) is 11.6 Å². The van der Waals surface area contributed by atoms with E-state index in [0.717, 1.165) is 6.54 Å². The van der Waals surface area contributed by atoms with E-state index in [2.05, 4.69) is 59.3 Å². The molecule has 1 nitrogen and oxygen atoms in total. The first-order valence-electron chi connectivity index (χ1n) is 5.72. The summed E-state index contributed by atoms with van der Waals surface area (Å²) in [7, 11) is 0. The van der Waals surface area contributed by atoms with Crippen molar-refractivity contribution >= 4 is 6.08 Å². The first-order chi connectivity index (χ1) is 7.93. The molecule has 76 valence electrons. The van der Waals surface area contributed by atoms with Gasteiger partial charge in [0.1, 0.15) is 0 Å². The fraction of sp³-hybridized carbons (Fsp3) is 0.133. The molecule has 0 spiro atoms. The third-order valence-corrected chi connectivity index (χ3v) is 3.64. The summed E-state index contributed by atoms with van der Waals surface area (Å²) in [6.07, 6.45) is 6.76. The van der Waals surface area contributed by atoms with Gasteiger partial charge in [-0.1, -0.05) is 36.4 Å². The molecule has 1 aliphatic carbocycles. The van der Waals surface area contributed by atoms with Gasteiger partial charge >= 0.3 is 0 Å². The molecule has 0 amide bonds. The summed E-state index contributed by atoms with van der Waals surface area (Å²) in [6, 6.07) is 13.1. The van der Waals surface area contributed by atoms with Crippen LogP contribution < -0.4 is 4.57 Å². The van der Waals surface area contributed by atoms with Crippen LogP contribution in [0.4, 0.5) is 0 Å². The van der Waals surface area contributed by atoms with E-state index in [-0.39, 0.29) is 0 Å². The van der Waals surface area contributed by atoms with E-state index in [1.165, 1.54) is 22.4 Å². The Kier molecular flexibility index (Phi) is 1.46. The molecule has 0 N–H and O–H groups in total. The zero-order chi connectivity index (χ0) is 10.5. The Balaban J connectivity index is 2.04. The highest BCUT2D eigenvalue weighted by molar-refractivity contribution is 5.62. The van der Waals surface area contributed by atoms with E-state index in [0.29, 0.717) is 5.92 Å².